The lowest BCUT2D eigenvalue weighted by Gasteiger charge is -2.46. The summed E-state index contributed by atoms with van der Waals surface area (Å²) >= 11 is 0. The number of rotatable bonds is 5. The number of carbonyl (C=O) groups is 2. The highest BCUT2D eigenvalue weighted by Crippen LogP contribution is 2.52. The summed E-state index contributed by atoms with van der Waals surface area (Å²) in [5.74, 6) is 0.514. The number of carbonyl (C=O) groups excluding carboxylic acids is 2. The van der Waals surface area contributed by atoms with Gasteiger partial charge in [0.25, 0.3) is 0 Å². The van der Waals surface area contributed by atoms with Gasteiger partial charge in [0.15, 0.2) is 0 Å². The Morgan fingerprint density at radius 2 is 1.75 bits per heavy atom. The Morgan fingerprint density at radius 1 is 1.08 bits per heavy atom. The minimum absolute atomic E-state index is 0.0887. The molecule has 138 valence electrons. The second-order valence-electron chi connectivity index (χ2n) is 6.80. The highest BCUT2D eigenvalue weighted by molar-refractivity contribution is 7.53. The Hall–Kier alpha value is -0.910. The van der Waals surface area contributed by atoms with Gasteiger partial charge in [0.05, 0.1) is 13.3 Å². The van der Waals surface area contributed by atoms with Gasteiger partial charge in [-0.3, -0.25) is 9.36 Å². The van der Waals surface area contributed by atoms with Crippen LogP contribution in [0.15, 0.2) is 0 Å². The maximum absolute atomic E-state index is 12.4. The molecule has 1 heterocycles. The van der Waals surface area contributed by atoms with E-state index < -0.39 is 13.6 Å². The van der Waals surface area contributed by atoms with Crippen LogP contribution in [0.25, 0.3) is 0 Å². The van der Waals surface area contributed by atoms with Gasteiger partial charge in [-0.1, -0.05) is 0 Å². The van der Waals surface area contributed by atoms with Crippen LogP contribution in [0, 0.1) is 17.8 Å². The van der Waals surface area contributed by atoms with Gasteiger partial charge >= 0.3 is 13.6 Å². The summed E-state index contributed by atoms with van der Waals surface area (Å²) in [4.78, 5) is 25.6. The quantitative estimate of drug-likeness (QED) is 0.552. The molecule has 1 amide bonds. The Morgan fingerprint density at radius 3 is 2.29 bits per heavy atom. The number of hydrogen-bond donors (Lipinski definition) is 0. The molecule has 4 atom stereocenters. The van der Waals surface area contributed by atoms with Crippen molar-refractivity contribution in [2.24, 2.45) is 17.8 Å². The zero-order chi connectivity index (χ0) is 17.9. The van der Waals surface area contributed by atoms with Crippen molar-refractivity contribution in [1.29, 1.82) is 0 Å². The van der Waals surface area contributed by atoms with Crippen LogP contribution in [-0.2, 0) is 27.9 Å². The van der Waals surface area contributed by atoms with Crippen LogP contribution in [0.1, 0.15) is 32.6 Å². The van der Waals surface area contributed by atoms with Gasteiger partial charge in [0.2, 0.25) is 5.91 Å². The first-order valence-corrected chi connectivity index (χ1v) is 10.1. The number of piperidine rings is 1. The van der Waals surface area contributed by atoms with Gasteiger partial charge < -0.3 is 18.7 Å². The maximum atomic E-state index is 12.4. The van der Waals surface area contributed by atoms with Crippen molar-refractivity contribution in [3.63, 3.8) is 0 Å². The molecule has 1 aliphatic carbocycles. The first-order valence-electron chi connectivity index (χ1n) is 8.39. The molecule has 0 aromatic carbocycles. The third-order valence-corrected chi connectivity index (χ3v) is 7.57. The van der Waals surface area contributed by atoms with Gasteiger partial charge in [-0.15, -0.1) is 0 Å². The predicted octanol–water partition coefficient (Wildman–Crippen LogP) is 2.30. The third kappa shape index (κ3) is 4.19. The molecule has 0 bridgehead atoms. The zero-order valence-electron chi connectivity index (χ0n) is 14.9. The summed E-state index contributed by atoms with van der Waals surface area (Å²) in [6, 6.07) is -0.510. The van der Waals surface area contributed by atoms with E-state index in [0.717, 1.165) is 19.3 Å². The zero-order valence-corrected chi connectivity index (χ0v) is 15.8. The number of amides is 1. The number of esters is 1. The Balaban J connectivity index is 2.07. The first-order chi connectivity index (χ1) is 11.3. The van der Waals surface area contributed by atoms with Gasteiger partial charge in [-0.05, 0) is 43.4 Å². The second kappa shape index (κ2) is 7.98. The molecule has 8 heteroatoms. The number of hydrogen-bond acceptors (Lipinski definition) is 6. The van der Waals surface area contributed by atoms with Crippen molar-refractivity contribution in [3.05, 3.63) is 0 Å². The summed E-state index contributed by atoms with van der Waals surface area (Å²) in [5.41, 5.74) is 0. The van der Waals surface area contributed by atoms with Crippen molar-refractivity contribution in [3.8, 4) is 0 Å². The van der Waals surface area contributed by atoms with Gasteiger partial charge in [-0.2, -0.15) is 0 Å². The number of likely N-dealkylation sites (tertiary alicyclic amines) is 1. The van der Waals surface area contributed by atoms with E-state index in [1.165, 1.54) is 28.3 Å². The van der Waals surface area contributed by atoms with Gasteiger partial charge in [0, 0.05) is 27.7 Å². The molecule has 0 unspecified atom stereocenters. The van der Waals surface area contributed by atoms with E-state index in [9.17, 15) is 14.2 Å². The fourth-order valence-electron chi connectivity index (χ4n) is 4.16. The molecule has 1 saturated carbocycles. The van der Waals surface area contributed by atoms with E-state index >= 15 is 0 Å². The van der Waals surface area contributed by atoms with E-state index in [1.807, 2.05) is 0 Å². The fourth-order valence-corrected chi connectivity index (χ4v) is 5.57. The summed E-state index contributed by atoms with van der Waals surface area (Å²) in [6.07, 6.45) is 3.79. The monoisotopic (exact) mass is 361 g/mol. The van der Waals surface area contributed by atoms with E-state index in [4.69, 9.17) is 13.8 Å². The van der Waals surface area contributed by atoms with E-state index in [1.54, 1.807) is 4.90 Å². The topological polar surface area (TPSA) is 82.1 Å². The lowest BCUT2D eigenvalue weighted by molar-refractivity contribution is -0.157. The average molecular weight is 361 g/mol. The number of methoxy groups -OCH3 is 1. The average Bonchev–Trinajstić information content (AvgIpc) is 2.59. The lowest BCUT2D eigenvalue weighted by atomic mass is 9.69. The molecule has 0 aromatic rings. The Kier molecular flexibility index (Phi) is 6.46. The van der Waals surface area contributed by atoms with Crippen LogP contribution in [0.3, 0.4) is 0 Å². The van der Waals surface area contributed by atoms with E-state index in [2.05, 4.69) is 0 Å². The molecular formula is C16H28NO6P. The smallest absolute Gasteiger partial charge is 0.330 e. The molecule has 2 fully saturated rings. The highest BCUT2D eigenvalue weighted by Gasteiger charge is 2.44. The molecular weight excluding hydrogens is 333 g/mol. The van der Waals surface area contributed by atoms with Gasteiger partial charge in [-0.25, -0.2) is 4.79 Å². The van der Waals surface area contributed by atoms with Crippen LogP contribution in [0.5, 0.6) is 0 Å². The molecule has 0 N–H and O–H groups in total. The van der Waals surface area contributed by atoms with Crippen molar-refractivity contribution in [2.75, 3.05) is 34.0 Å². The summed E-state index contributed by atoms with van der Waals surface area (Å²) in [5, 5.41) is 0. The molecule has 2 rings (SSSR count). The molecule has 1 saturated heterocycles. The van der Waals surface area contributed by atoms with Crippen LogP contribution in [0.4, 0.5) is 0 Å². The minimum atomic E-state index is -3.02. The minimum Gasteiger partial charge on any atom is -0.467 e. The summed E-state index contributed by atoms with van der Waals surface area (Å²) < 4.78 is 27.4. The van der Waals surface area contributed by atoms with Crippen molar-refractivity contribution >= 4 is 19.5 Å². The maximum Gasteiger partial charge on any atom is 0.330 e. The fraction of sp³-hybridized carbons (Fsp3) is 0.875. The molecule has 7 nitrogen and oxygen atoms in total. The largest absolute Gasteiger partial charge is 0.467 e. The summed E-state index contributed by atoms with van der Waals surface area (Å²) in [6.45, 7) is 2.09. The number of fused-ring (bicyclic) bond motifs is 1. The first kappa shape index (κ1) is 19.4. The molecule has 0 aromatic heterocycles. The summed E-state index contributed by atoms with van der Waals surface area (Å²) in [7, 11) is 1.15. The van der Waals surface area contributed by atoms with E-state index in [0.29, 0.717) is 31.0 Å². The standard InChI is InChI=1S/C16H28NO6P/c1-11(18)17-9-13-6-5-12(10-24(20,22-3)23-4)7-14(13)8-15(17)16(19)21-2/h12-15H,5-10H2,1-4H3/t12-,13-,14+,15+/m0/s1. The lowest BCUT2D eigenvalue weighted by Crippen LogP contribution is -2.54. The number of nitrogens with zero attached hydrogens (tertiary/aromatic N) is 1. The Bertz CT molecular complexity index is 517. The van der Waals surface area contributed by atoms with Crippen LogP contribution >= 0.6 is 7.60 Å². The van der Waals surface area contributed by atoms with Gasteiger partial charge in [0.1, 0.15) is 6.04 Å². The normalized spacial score (nSPS) is 30.6. The van der Waals surface area contributed by atoms with Crippen LogP contribution in [0.2, 0.25) is 0 Å². The van der Waals surface area contributed by atoms with Crippen molar-refractivity contribution in [2.45, 2.75) is 38.6 Å². The van der Waals surface area contributed by atoms with Crippen LogP contribution < -0.4 is 0 Å². The Labute approximate surface area is 143 Å². The molecule has 2 aliphatic rings. The van der Waals surface area contributed by atoms with Crippen molar-refractivity contribution in [1.82, 2.24) is 4.90 Å². The third-order valence-electron chi connectivity index (χ3n) is 5.50. The molecule has 0 radical (unpaired) electrons. The van der Waals surface area contributed by atoms with E-state index in [-0.39, 0.29) is 17.8 Å². The van der Waals surface area contributed by atoms with Crippen LogP contribution in [-0.4, -0.2) is 56.9 Å². The molecule has 24 heavy (non-hydrogen) atoms. The SMILES string of the molecule is COC(=O)[C@H]1C[C@H]2C[C@@H](CP(=O)(OC)OC)CC[C@H]2CN1C(C)=O. The number of ether oxygens (including phenoxy) is 1. The van der Waals surface area contributed by atoms with Crippen molar-refractivity contribution < 1.29 is 27.9 Å². The molecule has 0 spiro atoms. The predicted molar refractivity (Wildman–Crippen MR) is 88.6 cm³/mol. The second-order valence-corrected chi connectivity index (χ2v) is 9.12. The highest BCUT2D eigenvalue weighted by atomic mass is 31.2. The molecule has 1 aliphatic heterocycles.